The first-order valence-corrected chi connectivity index (χ1v) is 7.10. The number of anilines is 1. The monoisotopic (exact) mass is 310 g/mol. The van der Waals surface area contributed by atoms with Crippen LogP contribution in [-0.4, -0.2) is 40.9 Å². The fourth-order valence-corrected chi connectivity index (χ4v) is 2.49. The molecule has 2 aromatic carbocycles. The van der Waals surface area contributed by atoms with Gasteiger partial charge in [-0.1, -0.05) is 18.2 Å². The number of amides is 2. The summed E-state index contributed by atoms with van der Waals surface area (Å²) in [5.74, 6) is -1.97. The van der Waals surface area contributed by atoms with E-state index in [1.165, 1.54) is 18.2 Å². The highest BCUT2D eigenvalue weighted by Crippen LogP contribution is 2.23. The van der Waals surface area contributed by atoms with E-state index < -0.39 is 17.8 Å². The molecule has 2 aromatic rings. The fraction of sp³-hybridized carbons (Fsp3) is 0.118. The predicted octanol–water partition coefficient (Wildman–Crippen LogP) is 2.09. The molecule has 1 aliphatic heterocycles. The van der Waals surface area contributed by atoms with E-state index in [4.69, 9.17) is 5.11 Å². The average Bonchev–Trinajstić information content (AvgIpc) is 2.80. The molecule has 3 rings (SSSR count). The first kappa shape index (κ1) is 14.8. The Morgan fingerprint density at radius 3 is 2.39 bits per heavy atom. The van der Waals surface area contributed by atoms with Gasteiger partial charge in [-0.2, -0.15) is 0 Å². The highest BCUT2D eigenvalue weighted by molar-refractivity contribution is 6.21. The van der Waals surface area contributed by atoms with Crippen LogP contribution in [0.5, 0.6) is 0 Å². The summed E-state index contributed by atoms with van der Waals surface area (Å²) < 4.78 is 0. The van der Waals surface area contributed by atoms with Gasteiger partial charge >= 0.3 is 5.97 Å². The Bertz CT molecular complexity index is 786. The van der Waals surface area contributed by atoms with Crippen LogP contribution in [0.4, 0.5) is 5.69 Å². The van der Waals surface area contributed by atoms with Gasteiger partial charge in [0.2, 0.25) is 0 Å². The summed E-state index contributed by atoms with van der Waals surface area (Å²) in [6, 6.07) is 13.4. The Morgan fingerprint density at radius 1 is 1.00 bits per heavy atom. The number of rotatable bonds is 5. The Hall–Kier alpha value is -3.15. The van der Waals surface area contributed by atoms with Crippen molar-refractivity contribution < 1.29 is 19.5 Å². The van der Waals surface area contributed by atoms with Crippen molar-refractivity contribution >= 4 is 23.5 Å². The quantitative estimate of drug-likeness (QED) is 0.826. The van der Waals surface area contributed by atoms with Crippen LogP contribution in [0.1, 0.15) is 31.1 Å². The van der Waals surface area contributed by atoms with Crippen LogP contribution in [0.3, 0.4) is 0 Å². The Morgan fingerprint density at radius 2 is 1.70 bits per heavy atom. The minimum absolute atomic E-state index is 0.00541. The van der Waals surface area contributed by atoms with Crippen molar-refractivity contribution in [1.82, 2.24) is 4.90 Å². The van der Waals surface area contributed by atoms with E-state index in [0.29, 0.717) is 6.54 Å². The molecule has 0 unspecified atom stereocenters. The van der Waals surface area contributed by atoms with Crippen LogP contribution < -0.4 is 5.32 Å². The summed E-state index contributed by atoms with van der Waals surface area (Å²) in [5.41, 5.74) is 1.29. The number of carbonyl (C=O) groups is 3. The topological polar surface area (TPSA) is 86.7 Å². The number of nitrogens with one attached hydrogen (secondary N) is 1. The van der Waals surface area contributed by atoms with Gasteiger partial charge in [-0.25, -0.2) is 4.79 Å². The summed E-state index contributed by atoms with van der Waals surface area (Å²) in [7, 11) is 0. The molecular formula is C17H14N2O4. The van der Waals surface area contributed by atoms with E-state index in [2.05, 4.69) is 5.32 Å². The first-order valence-electron chi connectivity index (χ1n) is 7.10. The van der Waals surface area contributed by atoms with Gasteiger partial charge in [-0.05, 0) is 30.3 Å². The largest absolute Gasteiger partial charge is 0.478 e. The Balaban J connectivity index is 1.71. The number of hydrogen-bond acceptors (Lipinski definition) is 4. The molecule has 116 valence electrons. The Labute approximate surface area is 132 Å². The third kappa shape index (κ3) is 2.78. The number of carboxylic acids is 1. The van der Waals surface area contributed by atoms with E-state index >= 15 is 0 Å². The second kappa shape index (κ2) is 5.92. The molecule has 0 bridgehead atoms. The molecular weight excluding hydrogens is 296 g/mol. The zero-order chi connectivity index (χ0) is 16.4. The van der Waals surface area contributed by atoms with Crippen molar-refractivity contribution in [2.24, 2.45) is 0 Å². The van der Waals surface area contributed by atoms with E-state index in [1.54, 1.807) is 0 Å². The number of fused-ring (bicyclic) bond motifs is 1. The highest BCUT2D eigenvalue weighted by Gasteiger charge is 2.35. The second-order valence-corrected chi connectivity index (χ2v) is 5.12. The molecule has 0 spiro atoms. The molecule has 6 nitrogen and oxygen atoms in total. The normalized spacial score (nSPS) is 13.1. The molecule has 1 aliphatic rings. The molecule has 0 atom stereocenters. The molecule has 0 saturated carbocycles. The summed E-state index contributed by atoms with van der Waals surface area (Å²) in [4.78, 5) is 36.7. The van der Waals surface area contributed by atoms with Gasteiger partial charge in [0, 0.05) is 18.8 Å². The summed E-state index contributed by atoms with van der Waals surface area (Å²) in [6.45, 7) is 0.630. The maximum absolute atomic E-state index is 12.3. The predicted molar refractivity (Wildman–Crippen MR) is 83.7 cm³/mol. The van der Waals surface area contributed by atoms with Crippen molar-refractivity contribution in [2.75, 3.05) is 18.4 Å². The number of aromatic carboxylic acids is 1. The first-order chi connectivity index (χ1) is 11.1. The van der Waals surface area contributed by atoms with Gasteiger partial charge in [-0.15, -0.1) is 0 Å². The number of carboxylic acid groups (broad SMARTS) is 1. The minimum Gasteiger partial charge on any atom is -0.478 e. The summed E-state index contributed by atoms with van der Waals surface area (Å²) >= 11 is 0. The van der Waals surface area contributed by atoms with Crippen LogP contribution >= 0.6 is 0 Å². The van der Waals surface area contributed by atoms with Gasteiger partial charge in [-0.3, -0.25) is 14.5 Å². The standard InChI is InChI=1S/C17H14N2O4/c20-15-13-7-6-11(17(22)23)10-14(13)16(21)19(15)9-8-18-12-4-2-1-3-5-12/h1-7,10,18H,8-9H2,(H,22,23). The molecule has 1 heterocycles. The maximum atomic E-state index is 12.3. The van der Waals surface area contributed by atoms with Crippen molar-refractivity contribution in [3.63, 3.8) is 0 Å². The minimum atomic E-state index is -1.13. The van der Waals surface area contributed by atoms with Gasteiger partial charge in [0.1, 0.15) is 0 Å². The van der Waals surface area contributed by atoms with Crippen molar-refractivity contribution in [3.05, 3.63) is 65.2 Å². The van der Waals surface area contributed by atoms with Crippen LogP contribution in [0.15, 0.2) is 48.5 Å². The summed E-state index contributed by atoms with van der Waals surface area (Å²) in [6.07, 6.45) is 0. The lowest BCUT2D eigenvalue weighted by atomic mass is 10.1. The highest BCUT2D eigenvalue weighted by atomic mass is 16.4. The van der Waals surface area contributed by atoms with Crippen molar-refractivity contribution in [1.29, 1.82) is 0 Å². The van der Waals surface area contributed by atoms with E-state index in [1.807, 2.05) is 30.3 Å². The second-order valence-electron chi connectivity index (χ2n) is 5.12. The zero-order valence-electron chi connectivity index (χ0n) is 12.2. The number of nitrogens with zero attached hydrogens (tertiary/aromatic N) is 1. The van der Waals surface area contributed by atoms with Gasteiger partial charge in [0.25, 0.3) is 11.8 Å². The lowest BCUT2D eigenvalue weighted by Gasteiger charge is -2.14. The van der Waals surface area contributed by atoms with Crippen LogP contribution in [0.25, 0.3) is 0 Å². The number of para-hydroxylation sites is 1. The fourth-order valence-electron chi connectivity index (χ4n) is 2.49. The van der Waals surface area contributed by atoms with Crippen LogP contribution in [0, 0.1) is 0 Å². The van der Waals surface area contributed by atoms with Crippen LogP contribution in [-0.2, 0) is 0 Å². The Kier molecular flexibility index (Phi) is 3.80. The third-order valence-corrected chi connectivity index (χ3v) is 3.66. The summed E-state index contributed by atoms with van der Waals surface area (Å²) in [5, 5.41) is 12.1. The molecule has 0 radical (unpaired) electrons. The van der Waals surface area contributed by atoms with Crippen LogP contribution in [0.2, 0.25) is 0 Å². The molecule has 0 aliphatic carbocycles. The molecule has 0 aromatic heterocycles. The van der Waals surface area contributed by atoms with E-state index in [-0.39, 0.29) is 23.2 Å². The van der Waals surface area contributed by atoms with Gasteiger partial charge < -0.3 is 10.4 Å². The number of carbonyl (C=O) groups excluding carboxylic acids is 2. The SMILES string of the molecule is O=C(O)c1ccc2c(c1)C(=O)N(CCNc1ccccc1)C2=O. The molecule has 6 heteroatoms. The van der Waals surface area contributed by atoms with E-state index in [9.17, 15) is 14.4 Å². The smallest absolute Gasteiger partial charge is 0.335 e. The van der Waals surface area contributed by atoms with Crippen molar-refractivity contribution in [2.45, 2.75) is 0 Å². The molecule has 0 fully saturated rings. The third-order valence-electron chi connectivity index (χ3n) is 3.66. The number of imide groups is 1. The van der Waals surface area contributed by atoms with E-state index in [0.717, 1.165) is 10.6 Å². The molecule has 0 saturated heterocycles. The molecule has 2 amide bonds. The lowest BCUT2D eigenvalue weighted by Crippen LogP contribution is -2.34. The zero-order valence-corrected chi connectivity index (χ0v) is 12.2. The van der Waals surface area contributed by atoms with Crippen molar-refractivity contribution in [3.8, 4) is 0 Å². The maximum Gasteiger partial charge on any atom is 0.335 e. The van der Waals surface area contributed by atoms with Gasteiger partial charge in [0.15, 0.2) is 0 Å². The molecule has 2 N–H and O–H groups in total. The number of benzene rings is 2. The molecule has 23 heavy (non-hydrogen) atoms. The average molecular weight is 310 g/mol. The lowest BCUT2D eigenvalue weighted by molar-refractivity contribution is 0.0658. The number of hydrogen-bond donors (Lipinski definition) is 2. The van der Waals surface area contributed by atoms with Gasteiger partial charge in [0.05, 0.1) is 16.7 Å².